The minimum Gasteiger partial charge on any atom is -0.462 e. The van der Waals surface area contributed by atoms with Gasteiger partial charge in [0, 0.05) is 12.8 Å². The van der Waals surface area contributed by atoms with Gasteiger partial charge in [-0.15, -0.1) is 0 Å². The van der Waals surface area contributed by atoms with Gasteiger partial charge in [-0.3, -0.25) is 9.59 Å². The fourth-order valence-electron chi connectivity index (χ4n) is 4.49. The molecule has 0 saturated carbocycles. The number of hydrogen-bond acceptors (Lipinski definition) is 5. The molecule has 0 aliphatic heterocycles. The lowest BCUT2D eigenvalue weighted by Gasteiger charge is -2.15. The number of unbranched alkanes of at least 4 members (excludes halogenated alkanes) is 20. The van der Waals surface area contributed by atoms with Gasteiger partial charge in [0.15, 0.2) is 6.10 Å². The second kappa shape index (κ2) is 28.5. The van der Waals surface area contributed by atoms with Crippen molar-refractivity contribution in [3.8, 4) is 0 Å². The van der Waals surface area contributed by atoms with Gasteiger partial charge in [0.1, 0.15) is 6.61 Å². The molecule has 0 saturated heterocycles. The van der Waals surface area contributed by atoms with Crippen molar-refractivity contribution >= 4 is 11.9 Å². The van der Waals surface area contributed by atoms with Gasteiger partial charge in [0.05, 0.1) is 6.61 Å². The van der Waals surface area contributed by atoms with E-state index in [1.54, 1.807) is 0 Å². The molecule has 5 nitrogen and oxygen atoms in total. The lowest BCUT2D eigenvalue weighted by atomic mass is 10.0. The molecule has 0 amide bonds. The summed E-state index contributed by atoms with van der Waals surface area (Å²) >= 11 is 0. The molecule has 214 valence electrons. The monoisotopic (exact) mass is 512 g/mol. The normalized spacial score (nSPS) is 12.0. The van der Waals surface area contributed by atoms with Gasteiger partial charge in [-0.2, -0.15) is 0 Å². The Hall–Kier alpha value is -1.10. The first-order chi connectivity index (χ1) is 17.6. The van der Waals surface area contributed by atoms with E-state index in [-0.39, 0.29) is 25.2 Å². The minimum atomic E-state index is -0.757. The second-order valence-electron chi connectivity index (χ2n) is 10.5. The van der Waals surface area contributed by atoms with Crippen molar-refractivity contribution < 1.29 is 24.2 Å². The van der Waals surface area contributed by atoms with E-state index in [1.165, 1.54) is 109 Å². The average molecular weight is 513 g/mol. The molecule has 0 rings (SSSR count). The van der Waals surface area contributed by atoms with E-state index < -0.39 is 6.10 Å². The van der Waals surface area contributed by atoms with Crippen LogP contribution in [-0.4, -0.2) is 36.4 Å². The van der Waals surface area contributed by atoms with E-state index >= 15 is 0 Å². The number of hydrogen-bond donors (Lipinski definition) is 1. The van der Waals surface area contributed by atoms with Crippen LogP contribution >= 0.6 is 0 Å². The van der Waals surface area contributed by atoms with E-state index in [4.69, 9.17) is 9.47 Å². The van der Waals surface area contributed by atoms with Crippen LogP contribution in [0.2, 0.25) is 0 Å². The summed E-state index contributed by atoms with van der Waals surface area (Å²) in [5.74, 6) is -0.590. The van der Waals surface area contributed by atoms with Crippen molar-refractivity contribution in [3.05, 3.63) is 0 Å². The summed E-state index contributed by atoms with van der Waals surface area (Å²) in [5.41, 5.74) is 0. The molecule has 0 aliphatic carbocycles. The van der Waals surface area contributed by atoms with Crippen molar-refractivity contribution in [2.75, 3.05) is 13.2 Å². The number of carbonyl (C=O) groups excluding carboxylic acids is 2. The van der Waals surface area contributed by atoms with Crippen LogP contribution < -0.4 is 0 Å². The summed E-state index contributed by atoms with van der Waals surface area (Å²) in [5, 5.41) is 9.43. The third-order valence-electron chi connectivity index (χ3n) is 6.90. The Bertz CT molecular complexity index is 480. The van der Waals surface area contributed by atoms with Crippen LogP contribution in [0.5, 0.6) is 0 Å². The SMILES string of the molecule is CCCCCCCCCCCCCCCCCC(=O)OC[C@H](CO)OC(=O)CCCCCCCCC. The highest BCUT2D eigenvalue weighted by Gasteiger charge is 2.16. The molecule has 1 atom stereocenters. The van der Waals surface area contributed by atoms with Gasteiger partial charge >= 0.3 is 11.9 Å². The highest BCUT2D eigenvalue weighted by molar-refractivity contribution is 5.70. The first-order valence-electron chi connectivity index (χ1n) is 15.6. The predicted molar refractivity (Wildman–Crippen MR) is 150 cm³/mol. The van der Waals surface area contributed by atoms with Gasteiger partial charge in [0.2, 0.25) is 0 Å². The second-order valence-corrected chi connectivity index (χ2v) is 10.5. The smallest absolute Gasteiger partial charge is 0.306 e. The third kappa shape index (κ3) is 26.0. The molecule has 0 aromatic heterocycles. The van der Waals surface area contributed by atoms with Gasteiger partial charge in [-0.05, 0) is 12.8 Å². The quantitative estimate of drug-likeness (QED) is 0.0837. The Morgan fingerprint density at radius 2 is 0.861 bits per heavy atom. The van der Waals surface area contributed by atoms with Gasteiger partial charge in [-0.1, -0.05) is 142 Å². The molecule has 0 radical (unpaired) electrons. The van der Waals surface area contributed by atoms with E-state index in [0.717, 1.165) is 32.1 Å². The van der Waals surface area contributed by atoms with Crippen molar-refractivity contribution in [1.29, 1.82) is 0 Å². The zero-order valence-corrected chi connectivity index (χ0v) is 24.0. The molecule has 0 aromatic rings. The molecule has 0 aromatic carbocycles. The molecule has 36 heavy (non-hydrogen) atoms. The molecule has 0 aliphatic rings. The highest BCUT2D eigenvalue weighted by atomic mass is 16.6. The number of ether oxygens (including phenoxy) is 2. The van der Waals surface area contributed by atoms with Crippen LogP contribution in [0, 0.1) is 0 Å². The topological polar surface area (TPSA) is 72.8 Å². The van der Waals surface area contributed by atoms with E-state index in [2.05, 4.69) is 13.8 Å². The predicted octanol–water partition coefficient (Wildman–Crippen LogP) is 8.84. The Kier molecular flexibility index (Phi) is 27.6. The van der Waals surface area contributed by atoms with Crippen LogP contribution in [0.15, 0.2) is 0 Å². The van der Waals surface area contributed by atoms with Crippen molar-refractivity contribution in [3.63, 3.8) is 0 Å². The maximum atomic E-state index is 12.0. The summed E-state index contributed by atoms with van der Waals surface area (Å²) in [7, 11) is 0. The standard InChI is InChI=1S/C31H60O5/c1-3-5-7-9-11-12-13-14-15-16-17-18-20-21-23-25-30(33)35-28-29(27-32)36-31(34)26-24-22-19-10-8-6-4-2/h29,32H,3-28H2,1-2H3/t29-/m0/s1. The fraction of sp³-hybridized carbons (Fsp3) is 0.935. The minimum absolute atomic E-state index is 0.0587. The van der Waals surface area contributed by atoms with Gasteiger partial charge in [0.25, 0.3) is 0 Å². The molecule has 0 unspecified atom stereocenters. The molecule has 0 spiro atoms. The zero-order valence-electron chi connectivity index (χ0n) is 24.0. The first-order valence-corrected chi connectivity index (χ1v) is 15.6. The maximum Gasteiger partial charge on any atom is 0.306 e. The number of esters is 2. The summed E-state index contributed by atoms with van der Waals surface area (Å²) < 4.78 is 10.5. The number of aliphatic hydroxyl groups excluding tert-OH is 1. The number of rotatable bonds is 28. The average Bonchev–Trinajstić information content (AvgIpc) is 2.88. The van der Waals surface area contributed by atoms with Crippen molar-refractivity contribution in [2.24, 2.45) is 0 Å². The molecule has 1 N–H and O–H groups in total. The zero-order chi connectivity index (χ0) is 26.5. The lowest BCUT2D eigenvalue weighted by molar-refractivity contribution is -0.161. The fourth-order valence-corrected chi connectivity index (χ4v) is 4.49. The molecular formula is C31H60O5. The molecule has 0 fully saturated rings. The largest absolute Gasteiger partial charge is 0.462 e. The van der Waals surface area contributed by atoms with E-state index in [0.29, 0.717) is 12.8 Å². The Morgan fingerprint density at radius 1 is 0.528 bits per heavy atom. The number of carbonyl (C=O) groups is 2. The molecule has 0 heterocycles. The van der Waals surface area contributed by atoms with Crippen molar-refractivity contribution in [1.82, 2.24) is 0 Å². The first kappa shape index (κ1) is 34.9. The van der Waals surface area contributed by atoms with Gasteiger partial charge in [-0.25, -0.2) is 0 Å². The summed E-state index contributed by atoms with van der Waals surface area (Å²) in [4.78, 5) is 23.9. The van der Waals surface area contributed by atoms with Gasteiger partial charge < -0.3 is 14.6 Å². The van der Waals surface area contributed by atoms with Crippen LogP contribution in [0.25, 0.3) is 0 Å². The highest BCUT2D eigenvalue weighted by Crippen LogP contribution is 2.14. The van der Waals surface area contributed by atoms with Crippen LogP contribution in [0.1, 0.15) is 168 Å². The number of aliphatic hydroxyl groups is 1. The van der Waals surface area contributed by atoms with Crippen molar-refractivity contribution in [2.45, 2.75) is 174 Å². The van der Waals surface area contributed by atoms with E-state index in [9.17, 15) is 14.7 Å². The summed E-state index contributed by atoms with van der Waals surface area (Å²) in [6.45, 7) is 4.08. The summed E-state index contributed by atoms with van der Waals surface area (Å²) in [6, 6.07) is 0. The Morgan fingerprint density at radius 3 is 1.22 bits per heavy atom. The third-order valence-corrected chi connectivity index (χ3v) is 6.90. The maximum absolute atomic E-state index is 12.0. The molecular weight excluding hydrogens is 452 g/mol. The Labute approximate surface area is 223 Å². The van der Waals surface area contributed by atoms with Crippen LogP contribution in [0.4, 0.5) is 0 Å². The van der Waals surface area contributed by atoms with Crippen LogP contribution in [0.3, 0.4) is 0 Å². The Balaban J connectivity index is 3.51. The molecule has 0 bridgehead atoms. The molecule has 5 heteroatoms. The van der Waals surface area contributed by atoms with E-state index in [1.807, 2.05) is 0 Å². The lowest BCUT2D eigenvalue weighted by Crippen LogP contribution is -2.28. The summed E-state index contributed by atoms with van der Waals surface area (Å²) in [6.07, 6.45) is 27.4. The van der Waals surface area contributed by atoms with Crippen LogP contribution in [-0.2, 0) is 19.1 Å².